The van der Waals surface area contributed by atoms with Gasteiger partial charge in [-0.3, -0.25) is 4.57 Å². The zero-order valence-corrected chi connectivity index (χ0v) is 7.78. The van der Waals surface area contributed by atoms with Gasteiger partial charge in [0.1, 0.15) is 0 Å². The summed E-state index contributed by atoms with van der Waals surface area (Å²) in [4.78, 5) is 8.94. The summed E-state index contributed by atoms with van der Waals surface area (Å²) in [5, 5.41) is 0. The van der Waals surface area contributed by atoms with Crippen molar-refractivity contribution in [1.29, 1.82) is 0 Å². The molecule has 0 aliphatic carbocycles. The van der Waals surface area contributed by atoms with Crippen LogP contribution in [0.15, 0.2) is 0 Å². The first kappa shape index (κ1) is 10.5. The molecule has 1 unspecified atom stereocenters. The number of thiol groups is 1. The van der Waals surface area contributed by atoms with E-state index < -0.39 is 7.60 Å². The van der Waals surface area contributed by atoms with Crippen molar-refractivity contribution in [3.8, 4) is 0 Å². The number of hydrogen-bond donors (Lipinski definition) is 2. The summed E-state index contributed by atoms with van der Waals surface area (Å²) in [6, 6.07) is 0. The fourth-order valence-electron chi connectivity index (χ4n) is 0.537. The van der Waals surface area contributed by atoms with Gasteiger partial charge in [-0.2, -0.15) is 12.6 Å². The van der Waals surface area contributed by atoms with E-state index >= 15 is 0 Å². The highest BCUT2D eigenvalue weighted by molar-refractivity contribution is 7.80. The molecule has 0 saturated heterocycles. The van der Waals surface area contributed by atoms with Gasteiger partial charge in [-0.1, -0.05) is 0 Å². The van der Waals surface area contributed by atoms with Gasteiger partial charge in [0.2, 0.25) is 0 Å². The van der Waals surface area contributed by atoms with Crippen molar-refractivity contribution in [1.82, 2.24) is 0 Å². The molecule has 0 rings (SSSR count). The molecule has 0 aromatic carbocycles. The quantitative estimate of drug-likeness (QED) is 0.503. The largest absolute Gasteiger partial charge is 0.328 e. The Kier molecular flexibility index (Phi) is 5.45. The summed E-state index contributed by atoms with van der Waals surface area (Å²) >= 11 is 3.91. The van der Waals surface area contributed by atoms with Crippen LogP contribution in [0.5, 0.6) is 0 Å². The molecule has 0 radical (unpaired) electrons. The molecule has 0 aliphatic rings. The maximum atomic E-state index is 10.9. The Morgan fingerprint density at radius 1 is 1.70 bits per heavy atom. The Morgan fingerprint density at radius 2 is 2.30 bits per heavy atom. The molecule has 0 fully saturated rings. The molecule has 1 atom stereocenters. The number of hydrogen-bond acceptors (Lipinski definition) is 3. The molecule has 10 heavy (non-hydrogen) atoms. The van der Waals surface area contributed by atoms with Crippen LogP contribution in [0.2, 0.25) is 0 Å². The monoisotopic (exact) mass is 184 g/mol. The van der Waals surface area contributed by atoms with Crippen molar-refractivity contribution in [3.63, 3.8) is 0 Å². The van der Waals surface area contributed by atoms with Crippen LogP contribution in [0.1, 0.15) is 13.3 Å². The van der Waals surface area contributed by atoms with Crippen LogP contribution in [0.4, 0.5) is 0 Å². The topological polar surface area (TPSA) is 46.5 Å². The van der Waals surface area contributed by atoms with Gasteiger partial charge in [0.15, 0.2) is 0 Å². The Bertz CT molecular complexity index is 128. The minimum atomic E-state index is -3.26. The molecule has 3 nitrogen and oxygen atoms in total. The Labute approximate surface area is 66.7 Å². The smallest absolute Gasteiger partial charge is 0.324 e. The van der Waals surface area contributed by atoms with Gasteiger partial charge in [-0.25, -0.2) is 0 Å². The Balaban J connectivity index is 3.53. The van der Waals surface area contributed by atoms with Crippen molar-refractivity contribution in [3.05, 3.63) is 0 Å². The lowest BCUT2D eigenvalue weighted by atomic mass is 10.6. The molecule has 0 saturated carbocycles. The highest BCUT2D eigenvalue weighted by Gasteiger charge is 2.16. The molecule has 0 amide bonds. The molecule has 1 N–H and O–H groups in total. The zero-order chi connectivity index (χ0) is 8.04. The van der Waals surface area contributed by atoms with Crippen molar-refractivity contribution in [2.45, 2.75) is 13.3 Å². The van der Waals surface area contributed by atoms with Crippen LogP contribution >= 0.6 is 20.2 Å². The van der Waals surface area contributed by atoms with Gasteiger partial charge in [-0.15, -0.1) is 0 Å². The maximum absolute atomic E-state index is 10.9. The van der Waals surface area contributed by atoms with Gasteiger partial charge >= 0.3 is 7.60 Å². The third-order valence-electron chi connectivity index (χ3n) is 0.930. The Morgan fingerprint density at radius 3 is 2.70 bits per heavy atom. The van der Waals surface area contributed by atoms with Crippen molar-refractivity contribution in [2.75, 3.05) is 18.5 Å². The fourth-order valence-corrected chi connectivity index (χ4v) is 2.03. The van der Waals surface area contributed by atoms with E-state index in [1.165, 1.54) is 0 Å². The first-order chi connectivity index (χ1) is 4.62. The maximum Gasteiger partial charge on any atom is 0.328 e. The van der Waals surface area contributed by atoms with E-state index in [-0.39, 0.29) is 6.16 Å². The van der Waals surface area contributed by atoms with E-state index in [4.69, 9.17) is 4.89 Å². The number of rotatable bonds is 5. The lowest BCUT2D eigenvalue weighted by molar-refractivity contribution is 0.273. The average molecular weight is 184 g/mol. The average Bonchev–Trinajstić information content (AvgIpc) is 1.84. The third kappa shape index (κ3) is 5.30. The molecule has 62 valence electrons. The molecule has 0 aromatic rings. The van der Waals surface area contributed by atoms with E-state index in [0.29, 0.717) is 18.8 Å². The SMILES string of the molecule is CCOP(=O)(O)CCCS. The van der Waals surface area contributed by atoms with E-state index in [1.54, 1.807) is 6.92 Å². The van der Waals surface area contributed by atoms with E-state index in [1.807, 2.05) is 0 Å². The fraction of sp³-hybridized carbons (Fsp3) is 1.00. The minimum Gasteiger partial charge on any atom is -0.324 e. The van der Waals surface area contributed by atoms with Crippen molar-refractivity contribution < 1.29 is 14.0 Å². The highest BCUT2D eigenvalue weighted by atomic mass is 32.1. The summed E-state index contributed by atoms with van der Waals surface area (Å²) < 4.78 is 15.5. The van der Waals surface area contributed by atoms with Crippen molar-refractivity contribution in [2.24, 2.45) is 0 Å². The van der Waals surface area contributed by atoms with Gasteiger partial charge in [0, 0.05) is 0 Å². The second-order valence-electron chi connectivity index (χ2n) is 1.86. The van der Waals surface area contributed by atoms with Gasteiger partial charge in [0.25, 0.3) is 0 Å². The molecule has 0 aromatic heterocycles. The van der Waals surface area contributed by atoms with E-state index in [9.17, 15) is 4.57 Å². The summed E-state index contributed by atoms with van der Waals surface area (Å²) in [6.07, 6.45) is 0.835. The van der Waals surface area contributed by atoms with Crippen LogP contribution in [-0.2, 0) is 9.09 Å². The van der Waals surface area contributed by atoms with Crippen LogP contribution in [-0.4, -0.2) is 23.4 Å². The van der Waals surface area contributed by atoms with Crippen LogP contribution in [0, 0.1) is 0 Å². The summed E-state index contributed by atoms with van der Waals surface area (Å²) in [6.45, 7) is 1.99. The third-order valence-corrected chi connectivity index (χ3v) is 2.79. The molecular weight excluding hydrogens is 171 g/mol. The first-order valence-corrected chi connectivity index (χ1v) is 5.59. The molecule has 0 heterocycles. The predicted molar refractivity (Wildman–Crippen MR) is 44.8 cm³/mol. The lowest BCUT2D eigenvalue weighted by Gasteiger charge is -2.08. The second kappa shape index (κ2) is 5.19. The van der Waals surface area contributed by atoms with Gasteiger partial charge in [-0.05, 0) is 19.1 Å². The van der Waals surface area contributed by atoms with Crippen LogP contribution < -0.4 is 0 Å². The summed E-state index contributed by atoms with van der Waals surface area (Å²) in [7, 11) is -3.26. The molecule has 0 bridgehead atoms. The Hall–Kier alpha value is 0.500. The first-order valence-electron chi connectivity index (χ1n) is 3.19. The molecule has 0 spiro atoms. The predicted octanol–water partition coefficient (Wildman–Crippen LogP) is 1.53. The van der Waals surface area contributed by atoms with Crippen molar-refractivity contribution >= 4 is 20.2 Å². The van der Waals surface area contributed by atoms with Crippen LogP contribution in [0.25, 0.3) is 0 Å². The molecule has 5 heteroatoms. The second-order valence-corrected chi connectivity index (χ2v) is 4.28. The normalized spacial score (nSPS) is 16.7. The van der Waals surface area contributed by atoms with E-state index in [0.717, 1.165) is 0 Å². The summed E-state index contributed by atoms with van der Waals surface area (Å²) in [5.74, 6) is 0.623. The van der Waals surface area contributed by atoms with E-state index in [2.05, 4.69) is 17.2 Å². The van der Waals surface area contributed by atoms with Crippen LogP contribution in [0.3, 0.4) is 0 Å². The highest BCUT2D eigenvalue weighted by Crippen LogP contribution is 2.41. The summed E-state index contributed by atoms with van der Waals surface area (Å²) in [5.41, 5.74) is 0. The molecular formula is C5H13O3PS. The molecule has 0 aliphatic heterocycles. The minimum absolute atomic E-state index is 0.213. The van der Waals surface area contributed by atoms with Gasteiger partial charge in [0.05, 0.1) is 12.8 Å². The standard InChI is InChI=1S/C5H13O3PS/c1-2-8-9(6,7)4-3-5-10/h10H,2-5H2,1H3,(H,6,7). The zero-order valence-electron chi connectivity index (χ0n) is 5.99. The van der Waals surface area contributed by atoms with Gasteiger partial charge < -0.3 is 9.42 Å². The lowest BCUT2D eigenvalue weighted by Crippen LogP contribution is -1.94.